The minimum atomic E-state index is 0.914. The number of nitrogens with zero attached hydrogens (tertiary/aromatic N) is 1. The van der Waals surface area contributed by atoms with Gasteiger partial charge in [0, 0.05) is 5.69 Å². The topological polar surface area (TPSA) is 27.0 Å². The van der Waals surface area contributed by atoms with Gasteiger partial charge in [0.25, 0.3) is 0 Å². The van der Waals surface area contributed by atoms with E-state index < -0.39 is 0 Å². The largest absolute Gasteiger partial charge is 0.584 e. The molecule has 9 heavy (non-hydrogen) atoms. The van der Waals surface area contributed by atoms with E-state index in [0.717, 1.165) is 5.69 Å². The Kier molecular flexibility index (Phi) is 1.70. The molecule has 2 heteroatoms. The van der Waals surface area contributed by atoms with Crippen LogP contribution in [0.25, 0.3) is 5.84 Å². The Hall–Kier alpha value is -1.02. The third-order valence-corrected chi connectivity index (χ3v) is 1.14. The van der Waals surface area contributed by atoms with Gasteiger partial charge in [-0.3, -0.25) is 0 Å². The second-order valence-corrected chi connectivity index (χ2v) is 1.89. The molecule has 48 valence electrons. The molecule has 0 unspecified atom stereocenters. The fourth-order valence-corrected chi connectivity index (χ4v) is 0.652. The number of hydrogen-bond donors (Lipinski definition) is 0. The van der Waals surface area contributed by atoms with E-state index in [4.69, 9.17) is 5.84 Å². The summed E-state index contributed by atoms with van der Waals surface area (Å²) in [6.45, 7) is 0. The minimum absolute atomic E-state index is 0.914. The molecule has 1 aromatic rings. The maximum atomic E-state index is 7.15. The molecule has 0 radical (unpaired) electrons. The molecule has 0 amide bonds. The second kappa shape index (κ2) is 2.51. The van der Waals surface area contributed by atoms with Gasteiger partial charge < -0.3 is 10.9 Å². The molecule has 0 aromatic heterocycles. The molecule has 2 nitrogen and oxygen atoms in total. The van der Waals surface area contributed by atoms with E-state index in [1.165, 1.54) is 5.01 Å². The summed E-state index contributed by atoms with van der Waals surface area (Å²) >= 11 is 0. The van der Waals surface area contributed by atoms with E-state index in [1.54, 1.807) is 7.05 Å². The number of rotatable bonds is 1. The molecule has 0 fully saturated rings. The van der Waals surface area contributed by atoms with Crippen molar-refractivity contribution >= 4 is 5.69 Å². The Bertz CT molecular complexity index is 170. The van der Waals surface area contributed by atoms with Crippen molar-refractivity contribution in [1.29, 1.82) is 0 Å². The van der Waals surface area contributed by atoms with Crippen LogP contribution in [0.4, 0.5) is 5.69 Å². The van der Waals surface area contributed by atoms with Crippen molar-refractivity contribution in [2.24, 2.45) is 0 Å². The van der Waals surface area contributed by atoms with Crippen molar-refractivity contribution in [1.82, 2.24) is 0 Å². The smallest absolute Gasteiger partial charge is 0.0191 e. The number of benzene rings is 1. The first kappa shape index (κ1) is 6.11. The molecule has 0 atom stereocenters. The number of nitrogens with one attached hydrogen (secondary N) is 1. The van der Waals surface area contributed by atoms with Crippen LogP contribution in [0.3, 0.4) is 0 Å². The van der Waals surface area contributed by atoms with Gasteiger partial charge in [-0.15, -0.1) is 0 Å². The average Bonchev–Trinajstić information content (AvgIpc) is 1.90. The van der Waals surface area contributed by atoms with Crippen molar-refractivity contribution in [3.05, 3.63) is 36.2 Å². The quantitative estimate of drug-likeness (QED) is 0.522. The van der Waals surface area contributed by atoms with Gasteiger partial charge in [0.05, 0.1) is 0 Å². The Balaban J connectivity index is 2.85. The van der Waals surface area contributed by atoms with Crippen LogP contribution in [-0.2, 0) is 0 Å². The zero-order chi connectivity index (χ0) is 6.69. The van der Waals surface area contributed by atoms with Crippen molar-refractivity contribution in [2.75, 3.05) is 12.1 Å². The van der Waals surface area contributed by atoms with Crippen LogP contribution < -0.4 is 5.01 Å². The Morgan fingerprint density at radius 2 is 1.78 bits per heavy atom. The van der Waals surface area contributed by atoms with Gasteiger partial charge in [-0.2, -0.15) is 0 Å². The van der Waals surface area contributed by atoms with Gasteiger partial charge in [-0.1, -0.05) is 18.2 Å². The zero-order valence-electron chi connectivity index (χ0n) is 5.33. The lowest BCUT2D eigenvalue weighted by Gasteiger charge is -2.22. The van der Waals surface area contributed by atoms with E-state index in [-0.39, 0.29) is 0 Å². The Morgan fingerprint density at radius 3 is 2.11 bits per heavy atom. The molecule has 0 heterocycles. The molecule has 0 aliphatic heterocycles. The average molecular weight is 121 g/mol. The summed E-state index contributed by atoms with van der Waals surface area (Å²) in [4.78, 5) is 0. The predicted octanol–water partition coefficient (Wildman–Crippen LogP) is 2.09. The summed E-state index contributed by atoms with van der Waals surface area (Å²) in [6.07, 6.45) is 0. The van der Waals surface area contributed by atoms with E-state index in [9.17, 15) is 0 Å². The number of anilines is 1. The highest BCUT2D eigenvalue weighted by molar-refractivity contribution is 5.45. The first-order chi connectivity index (χ1) is 4.30. The lowest BCUT2D eigenvalue weighted by molar-refractivity contribution is 1.22. The monoisotopic (exact) mass is 121 g/mol. The molecule has 0 aliphatic carbocycles. The van der Waals surface area contributed by atoms with E-state index >= 15 is 0 Å². The van der Waals surface area contributed by atoms with Crippen molar-refractivity contribution in [2.45, 2.75) is 0 Å². The predicted molar refractivity (Wildman–Crippen MR) is 39.2 cm³/mol. The van der Waals surface area contributed by atoms with Crippen LogP contribution in [0.15, 0.2) is 30.3 Å². The summed E-state index contributed by atoms with van der Waals surface area (Å²) in [5.74, 6) is 7.15. The highest BCUT2D eigenvalue weighted by atomic mass is 15.4. The molecule has 0 saturated carbocycles. The van der Waals surface area contributed by atoms with Gasteiger partial charge in [0.2, 0.25) is 0 Å². The third-order valence-electron chi connectivity index (χ3n) is 1.14. The molecule has 0 saturated heterocycles. The van der Waals surface area contributed by atoms with Crippen molar-refractivity contribution < 1.29 is 0 Å². The van der Waals surface area contributed by atoms with Crippen molar-refractivity contribution in [3.63, 3.8) is 0 Å². The molecule has 0 spiro atoms. The van der Waals surface area contributed by atoms with Gasteiger partial charge in [-0.05, 0) is 19.2 Å². The number of hydrogen-bond acceptors (Lipinski definition) is 1. The van der Waals surface area contributed by atoms with Gasteiger partial charge in [-0.25, -0.2) is 0 Å². The van der Waals surface area contributed by atoms with Gasteiger partial charge in [0.15, 0.2) is 0 Å². The normalized spacial score (nSPS) is 9.11. The summed E-state index contributed by atoms with van der Waals surface area (Å²) in [5, 5.41) is 1.33. The molecule has 1 aromatic carbocycles. The highest BCUT2D eigenvalue weighted by Gasteiger charge is 1.82. The van der Waals surface area contributed by atoms with Crippen molar-refractivity contribution in [3.8, 4) is 0 Å². The Morgan fingerprint density at radius 1 is 1.22 bits per heavy atom. The molecule has 0 aliphatic rings. The summed E-state index contributed by atoms with van der Waals surface area (Å²) in [5.41, 5.74) is 0.914. The first-order valence-corrected chi connectivity index (χ1v) is 2.81. The highest BCUT2D eigenvalue weighted by Crippen LogP contribution is 2.09. The first-order valence-electron chi connectivity index (χ1n) is 2.81. The van der Waals surface area contributed by atoms with Crippen LogP contribution in [0.1, 0.15) is 0 Å². The summed E-state index contributed by atoms with van der Waals surface area (Å²) in [7, 11) is 1.70. The Labute approximate surface area is 54.9 Å². The second-order valence-electron chi connectivity index (χ2n) is 1.89. The van der Waals surface area contributed by atoms with E-state index in [0.29, 0.717) is 0 Å². The van der Waals surface area contributed by atoms with Gasteiger partial charge in [0.1, 0.15) is 0 Å². The van der Waals surface area contributed by atoms with Crippen LogP contribution in [0, 0.1) is 0 Å². The van der Waals surface area contributed by atoms with E-state index in [1.807, 2.05) is 30.3 Å². The molecular formula is C7H9N2-. The standard InChI is InChI=1S/C7H9N2/c1-9(8)7-5-3-2-4-6-7/h2-6,8H,1H3/q-1. The third kappa shape index (κ3) is 1.44. The zero-order valence-corrected chi connectivity index (χ0v) is 5.33. The lowest BCUT2D eigenvalue weighted by Crippen LogP contribution is -2.01. The fourth-order valence-electron chi connectivity index (χ4n) is 0.652. The molecule has 1 N–H and O–H groups in total. The lowest BCUT2D eigenvalue weighted by atomic mass is 10.3. The van der Waals surface area contributed by atoms with Gasteiger partial charge >= 0.3 is 0 Å². The van der Waals surface area contributed by atoms with Crippen LogP contribution >= 0.6 is 0 Å². The maximum absolute atomic E-state index is 7.15. The van der Waals surface area contributed by atoms with Crippen LogP contribution in [0.2, 0.25) is 0 Å². The maximum Gasteiger partial charge on any atom is 0.0191 e. The fraction of sp³-hybridized carbons (Fsp3) is 0.143. The molecule has 1 rings (SSSR count). The molecular weight excluding hydrogens is 112 g/mol. The summed E-state index contributed by atoms with van der Waals surface area (Å²) in [6, 6.07) is 9.56. The summed E-state index contributed by atoms with van der Waals surface area (Å²) < 4.78 is 0. The van der Waals surface area contributed by atoms with Crippen LogP contribution in [0.5, 0.6) is 0 Å². The SMILES string of the molecule is CN([NH-])c1ccccc1. The number of para-hydroxylation sites is 1. The van der Waals surface area contributed by atoms with E-state index in [2.05, 4.69) is 0 Å². The minimum Gasteiger partial charge on any atom is -0.584 e. The molecule has 0 bridgehead atoms. The van der Waals surface area contributed by atoms with Crippen LogP contribution in [-0.4, -0.2) is 7.05 Å².